The van der Waals surface area contributed by atoms with E-state index in [-0.39, 0.29) is 5.76 Å². The molecule has 0 bridgehead atoms. The summed E-state index contributed by atoms with van der Waals surface area (Å²) in [5, 5.41) is 0.781. The number of carbonyl (C=O) groups excluding carboxylic acids is 1. The Labute approximate surface area is 79.6 Å². The topological polar surface area (TPSA) is 94.3 Å². The number of carbonyl (C=O) groups is 1. The molecule has 1 aromatic heterocycles. The fraction of sp³-hybridized carbons (Fsp3) is 0. The molecule has 0 saturated carbocycles. The number of nitrogens with two attached hydrogens (primary N) is 2. The zero-order valence-electron chi connectivity index (χ0n) is 7.28. The van der Waals surface area contributed by atoms with Crippen molar-refractivity contribution in [1.82, 2.24) is 5.43 Å². The SMILES string of the molecule is NNC(=O)c1cc2cc(N)ccc2o1. The highest BCUT2D eigenvalue weighted by Gasteiger charge is 2.10. The van der Waals surface area contributed by atoms with E-state index >= 15 is 0 Å². The summed E-state index contributed by atoms with van der Waals surface area (Å²) in [6.45, 7) is 0. The van der Waals surface area contributed by atoms with Gasteiger partial charge in [-0.3, -0.25) is 10.2 Å². The third-order valence-electron chi connectivity index (χ3n) is 1.90. The number of anilines is 1. The quantitative estimate of drug-likeness (QED) is 0.266. The van der Waals surface area contributed by atoms with Crippen molar-refractivity contribution in [2.24, 2.45) is 5.84 Å². The second-order valence-corrected chi connectivity index (χ2v) is 2.88. The van der Waals surface area contributed by atoms with Gasteiger partial charge in [-0.25, -0.2) is 5.84 Å². The molecule has 1 aromatic carbocycles. The first-order valence-electron chi connectivity index (χ1n) is 4.01. The minimum Gasteiger partial charge on any atom is -0.451 e. The van der Waals surface area contributed by atoms with Crippen LogP contribution in [0.25, 0.3) is 11.0 Å². The smallest absolute Gasteiger partial charge is 0.300 e. The first-order chi connectivity index (χ1) is 6.70. The van der Waals surface area contributed by atoms with E-state index in [2.05, 4.69) is 0 Å². The second kappa shape index (κ2) is 3.04. The van der Waals surface area contributed by atoms with Crippen LogP contribution in [0.15, 0.2) is 28.7 Å². The zero-order valence-corrected chi connectivity index (χ0v) is 7.28. The first-order valence-corrected chi connectivity index (χ1v) is 4.01. The third-order valence-corrected chi connectivity index (χ3v) is 1.90. The lowest BCUT2D eigenvalue weighted by Crippen LogP contribution is -2.29. The summed E-state index contributed by atoms with van der Waals surface area (Å²) in [6.07, 6.45) is 0. The normalized spacial score (nSPS) is 10.4. The highest BCUT2D eigenvalue weighted by molar-refractivity contribution is 5.96. The van der Waals surface area contributed by atoms with Gasteiger partial charge in [0.25, 0.3) is 0 Å². The monoisotopic (exact) mass is 191 g/mol. The number of hydrogen-bond donors (Lipinski definition) is 3. The van der Waals surface area contributed by atoms with Crippen LogP contribution >= 0.6 is 0 Å². The molecule has 0 unspecified atom stereocenters. The van der Waals surface area contributed by atoms with Gasteiger partial charge in [0.2, 0.25) is 0 Å². The summed E-state index contributed by atoms with van der Waals surface area (Å²) >= 11 is 0. The molecule has 0 aliphatic heterocycles. The number of rotatable bonds is 1. The van der Waals surface area contributed by atoms with Crippen molar-refractivity contribution < 1.29 is 9.21 Å². The van der Waals surface area contributed by atoms with Crippen molar-refractivity contribution in [2.75, 3.05) is 5.73 Å². The average Bonchev–Trinajstić information content (AvgIpc) is 2.59. The van der Waals surface area contributed by atoms with E-state index in [4.69, 9.17) is 16.0 Å². The molecule has 0 saturated heterocycles. The van der Waals surface area contributed by atoms with Crippen molar-refractivity contribution in [3.05, 3.63) is 30.0 Å². The standard InChI is InChI=1S/C9H9N3O2/c10-6-1-2-7-5(3-6)4-8(14-7)9(13)12-11/h1-4H,10-11H2,(H,12,13). The molecular weight excluding hydrogens is 182 g/mol. The van der Waals surface area contributed by atoms with Gasteiger partial charge in [-0.15, -0.1) is 0 Å². The molecule has 2 aromatic rings. The van der Waals surface area contributed by atoms with Crippen LogP contribution in [0.3, 0.4) is 0 Å². The van der Waals surface area contributed by atoms with E-state index in [1.54, 1.807) is 24.3 Å². The molecule has 0 aliphatic rings. The Bertz CT molecular complexity index is 490. The van der Waals surface area contributed by atoms with E-state index in [0.29, 0.717) is 11.3 Å². The van der Waals surface area contributed by atoms with E-state index < -0.39 is 5.91 Å². The summed E-state index contributed by atoms with van der Waals surface area (Å²) < 4.78 is 5.23. The molecule has 2 rings (SSSR count). The molecule has 0 aliphatic carbocycles. The Morgan fingerprint density at radius 1 is 1.36 bits per heavy atom. The lowest BCUT2D eigenvalue weighted by atomic mass is 10.2. The van der Waals surface area contributed by atoms with Gasteiger partial charge in [0.15, 0.2) is 5.76 Å². The fourth-order valence-electron chi connectivity index (χ4n) is 1.24. The van der Waals surface area contributed by atoms with Gasteiger partial charge >= 0.3 is 5.91 Å². The molecule has 0 atom stereocenters. The number of hydrazine groups is 1. The lowest BCUT2D eigenvalue weighted by molar-refractivity contribution is 0.0928. The molecule has 72 valence electrons. The molecule has 0 radical (unpaired) electrons. The molecule has 5 heteroatoms. The van der Waals surface area contributed by atoms with Crippen LogP contribution in [-0.4, -0.2) is 5.91 Å². The summed E-state index contributed by atoms with van der Waals surface area (Å²) in [7, 11) is 0. The lowest BCUT2D eigenvalue weighted by Gasteiger charge is -1.91. The summed E-state index contributed by atoms with van der Waals surface area (Å²) in [5.41, 5.74) is 8.80. The van der Waals surface area contributed by atoms with Crippen molar-refractivity contribution in [2.45, 2.75) is 0 Å². The Hall–Kier alpha value is -2.01. The van der Waals surface area contributed by atoms with Gasteiger partial charge in [-0.1, -0.05) is 0 Å². The van der Waals surface area contributed by atoms with Crippen LogP contribution in [0.4, 0.5) is 5.69 Å². The highest BCUT2D eigenvalue weighted by Crippen LogP contribution is 2.21. The number of furan rings is 1. The zero-order chi connectivity index (χ0) is 10.1. The highest BCUT2D eigenvalue weighted by atomic mass is 16.3. The van der Waals surface area contributed by atoms with Crippen LogP contribution in [0.1, 0.15) is 10.6 Å². The van der Waals surface area contributed by atoms with Crippen LogP contribution in [0.2, 0.25) is 0 Å². The summed E-state index contributed by atoms with van der Waals surface area (Å²) in [4.78, 5) is 11.1. The molecule has 0 spiro atoms. The van der Waals surface area contributed by atoms with E-state index in [1.807, 2.05) is 5.43 Å². The Balaban J connectivity index is 2.56. The van der Waals surface area contributed by atoms with E-state index in [0.717, 1.165) is 5.39 Å². The minimum absolute atomic E-state index is 0.174. The van der Waals surface area contributed by atoms with Crippen LogP contribution < -0.4 is 17.0 Å². The summed E-state index contributed by atoms with van der Waals surface area (Å²) in [6, 6.07) is 6.73. The number of amides is 1. The van der Waals surface area contributed by atoms with Crippen molar-refractivity contribution in [1.29, 1.82) is 0 Å². The van der Waals surface area contributed by atoms with Crippen molar-refractivity contribution in [3.63, 3.8) is 0 Å². The molecule has 5 nitrogen and oxygen atoms in total. The molecule has 0 fully saturated rings. The van der Waals surface area contributed by atoms with Crippen LogP contribution in [-0.2, 0) is 0 Å². The number of hydrogen-bond acceptors (Lipinski definition) is 4. The Kier molecular flexibility index (Phi) is 1.86. The largest absolute Gasteiger partial charge is 0.451 e. The fourth-order valence-corrected chi connectivity index (χ4v) is 1.24. The number of nitrogen functional groups attached to an aromatic ring is 2. The average molecular weight is 191 g/mol. The molecule has 5 N–H and O–H groups in total. The van der Waals surface area contributed by atoms with Crippen molar-refractivity contribution >= 4 is 22.6 Å². The van der Waals surface area contributed by atoms with Gasteiger partial charge in [0, 0.05) is 11.1 Å². The maximum atomic E-state index is 11.1. The second-order valence-electron chi connectivity index (χ2n) is 2.88. The van der Waals surface area contributed by atoms with Crippen LogP contribution in [0, 0.1) is 0 Å². The number of nitrogens with one attached hydrogen (secondary N) is 1. The number of fused-ring (bicyclic) bond motifs is 1. The first kappa shape index (κ1) is 8.58. The Morgan fingerprint density at radius 3 is 2.86 bits per heavy atom. The van der Waals surface area contributed by atoms with Crippen LogP contribution in [0.5, 0.6) is 0 Å². The van der Waals surface area contributed by atoms with Gasteiger partial charge < -0.3 is 10.2 Å². The maximum absolute atomic E-state index is 11.1. The molecular formula is C9H9N3O2. The third kappa shape index (κ3) is 1.29. The Morgan fingerprint density at radius 2 is 2.14 bits per heavy atom. The van der Waals surface area contributed by atoms with E-state index in [9.17, 15) is 4.79 Å². The van der Waals surface area contributed by atoms with E-state index in [1.165, 1.54) is 0 Å². The van der Waals surface area contributed by atoms with Gasteiger partial charge in [0.05, 0.1) is 0 Å². The van der Waals surface area contributed by atoms with Gasteiger partial charge in [0.1, 0.15) is 5.58 Å². The van der Waals surface area contributed by atoms with Gasteiger partial charge in [-0.2, -0.15) is 0 Å². The number of benzene rings is 1. The maximum Gasteiger partial charge on any atom is 0.300 e. The molecule has 14 heavy (non-hydrogen) atoms. The van der Waals surface area contributed by atoms with Gasteiger partial charge in [-0.05, 0) is 24.3 Å². The minimum atomic E-state index is -0.459. The molecule has 1 heterocycles. The summed E-state index contributed by atoms with van der Waals surface area (Å²) in [5.74, 6) is 4.69. The predicted molar refractivity (Wildman–Crippen MR) is 52.3 cm³/mol. The van der Waals surface area contributed by atoms with Crippen molar-refractivity contribution in [3.8, 4) is 0 Å². The predicted octanol–water partition coefficient (Wildman–Crippen LogP) is 0.618. The molecule has 1 amide bonds.